The van der Waals surface area contributed by atoms with Crippen molar-refractivity contribution in [3.8, 4) is 11.6 Å². The first-order chi connectivity index (χ1) is 9.65. The standard InChI is InChI=1S/C14H11BrN2O3/c15-8-4-5-10(14(18)19)12(6-8)20-13-9-2-1-3-11(9)16-7-17-13/h4-7H,1-3H2,(H,18,19). The average molecular weight is 335 g/mol. The fourth-order valence-corrected chi connectivity index (χ4v) is 2.62. The van der Waals surface area contributed by atoms with Crippen LogP contribution in [0.25, 0.3) is 0 Å². The number of carboxylic acids is 1. The van der Waals surface area contributed by atoms with E-state index >= 15 is 0 Å². The van der Waals surface area contributed by atoms with Crippen LogP contribution in [-0.2, 0) is 12.8 Å². The molecule has 0 amide bonds. The highest BCUT2D eigenvalue weighted by Crippen LogP contribution is 2.33. The van der Waals surface area contributed by atoms with Crippen LogP contribution in [0.4, 0.5) is 0 Å². The fraction of sp³-hybridized carbons (Fsp3) is 0.214. The van der Waals surface area contributed by atoms with Crippen LogP contribution in [0.2, 0.25) is 0 Å². The van der Waals surface area contributed by atoms with Crippen molar-refractivity contribution >= 4 is 21.9 Å². The molecule has 1 aromatic heterocycles. The zero-order valence-electron chi connectivity index (χ0n) is 10.5. The molecule has 0 saturated heterocycles. The lowest BCUT2D eigenvalue weighted by Crippen LogP contribution is -2.02. The molecule has 1 N–H and O–H groups in total. The summed E-state index contributed by atoms with van der Waals surface area (Å²) in [6.07, 6.45) is 4.26. The molecule has 0 bridgehead atoms. The van der Waals surface area contributed by atoms with Crippen LogP contribution in [0.5, 0.6) is 11.6 Å². The lowest BCUT2D eigenvalue weighted by Gasteiger charge is -2.11. The van der Waals surface area contributed by atoms with E-state index < -0.39 is 5.97 Å². The average Bonchev–Trinajstić information content (AvgIpc) is 2.88. The highest BCUT2D eigenvalue weighted by molar-refractivity contribution is 9.10. The predicted octanol–water partition coefficient (Wildman–Crippen LogP) is 3.22. The minimum Gasteiger partial charge on any atom is -0.478 e. The topological polar surface area (TPSA) is 72.3 Å². The molecule has 0 unspecified atom stereocenters. The van der Waals surface area contributed by atoms with E-state index in [0.29, 0.717) is 5.88 Å². The number of rotatable bonds is 3. The summed E-state index contributed by atoms with van der Waals surface area (Å²) in [5.41, 5.74) is 2.07. The number of carbonyl (C=O) groups is 1. The molecular weight excluding hydrogens is 324 g/mol. The molecule has 1 aliphatic carbocycles. The van der Waals surface area contributed by atoms with Crippen LogP contribution < -0.4 is 4.74 Å². The molecule has 3 rings (SSSR count). The SMILES string of the molecule is O=C(O)c1ccc(Br)cc1Oc1ncnc2c1CCC2. The summed E-state index contributed by atoms with van der Waals surface area (Å²) in [6, 6.07) is 4.80. The molecule has 5 nitrogen and oxygen atoms in total. The molecule has 0 saturated carbocycles. The van der Waals surface area contributed by atoms with Crippen LogP contribution in [-0.4, -0.2) is 21.0 Å². The monoisotopic (exact) mass is 334 g/mol. The maximum atomic E-state index is 11.2. The van der Waals surface area contributed by atoms with Crippen molar-refractivity contribution in [3.63, 3.8) is 0 Å². The van der Waals surface area contributed by atoms with E-state index in [2.05, 4.69) is 25.9 Å². The highest BCUT2D eigenvalue weighted by atomic mass is 79.9. The van der Waals surface area contributed by atoms with Gasteiger partial charge in [0.15, 0.2) is 0 Å². The quantitative estimate of drug-likeness (QED) is 0.932. The van der Waals surface area contributed by atoms with Gasteiger partial charge in [-0.2, -0.15) is 0 Å². The van der Waals surface area contributed by atoms with E-state index in [0.717, 1.165) is 35.0 Å². The lowest BCUT2D eigenvalue weighted by atomic mass is 10.2. The number of nitrogens with zero attached hydrogens (tertiary/aromatic N) is 2. The van der Waals surface area contributed by atoms with Gasteiger partial charge in [0.1, 0.15) is 17.6 Å². The Morgan fingerprint density at radius 1 is 1.30 bits per heavy atom. The first kappa shape index (κ1) is 13.1. The van der Waals surface area contributed by atoms with Crippen molar-refractivity contribution in [1.29, 1.82) is 0 Å². The number of hydrogen-bond donors (Lipinski definition) is 1. The summed E-state index contributed by atoms with van der Waals surface area (Å²) in [4.78, 5) is 19.6. The maximum Gasteiger partial charge on any atom is 0.339 e. The Bertz CT molecular complexity index is 688. The van der Waals surface area contributed by atoms with Gasteiger partial charge in [-0.1, -0.05) is 15.9 Å². The maximum absolute atomic E-state index is 11.2. The Morgan fingerprint density at radius 3 is 2.95 bits per heavy atom. The van der Waals surface area contributed by atoms with Crippen molar-refractivity contribution in [2.45, 2.75) is 19.3 Å². The largest absolute Gasteiger partial charge is 0.478 e. The minimum atomic E-state index is -1.03. The molecule has 6 heteroatoms. The summed E-state index contributed by atoms with van der Waals surface area (Å²) in [7, 11) is 0. The number of hydrogen-bond acceptors (Lipinski definition) is 4. The highest BCUT2D eigenvalue weighted by Gasteiger charge is 2.20. The normalized spacial score (nSPS) is 13.1. The summed E-state index contributed by atoms with van der Waals surface area (Å²) in [5.74, 6) is -0.300. The number of aromatic nitrogens is 2. The van der Waals surface area contributed by atoms with Gasteiger partial charge in [-0.05, 0) is 37.5 Å². The number of aryl methyl sites for hydroxylation is 1. The molecule has 20 heavy (non-hydrogen) atoms. The number of halogens is 1. The van der Waals surface area contributed by atoms with Gasteiger partial charge < -0.3 is 9.84 Å². The molecule has 0 aliphatic heterocycles. The van der Waals surface area contributed by atoms with Gasteiger partial charge >= 0.3 is 5.97 Å². The zero-order valence-corrected chi connectivity index (χ0v) is 12.1. The fourth-order valence-electron chi connectivity index (χ4n) is 2.28. The second-order valence-electron chi connectivity index (χ2n) is 4.51. The van der Waals surface area contributed by atoms with Gasteiger partial charge in [0.05, 0.1) is 5.69 Å². The molecule has 0 radical (unpaired) electrons. The number of fused-ring (bicyclic) bond motifs is 1. The second kappa shape index (κ2) is 5.20. The molecule has 1 aliphatic rings. The summed E-state index contributed by atoms with van der Waals surface area (Å²) >= 11 is 3.32. The number of carboxylic acid groups (broad SMARTS) is 1. The van der Waals surface area contributed by atoms with Gasteiger partial charge in [-0.15, -0.1) is 0 Å². The van der Waals surface area contributed by atoms with E-state index in [1.165, 1.54) is 12.4 Å². The molecular formula is C14H11BrN2O3. The van der Waals surface area contributed by atoms with Gasteiger partial charge in [0, 0.05) is 10.0 Å². The molecule has 0 fully saturated rings. The number of ether oxygens (including phenoxy) is 1. The van der Waals surface area contributed by atoms with E-state index in [-0.39, 0.29) is 11.3 Å². The van der Waals surface area contributed by atoms with Crippen LogP contribution in [0.1, 0.15) is 28.0 Å². The van der Waals surface area contributed by atoms with E-state index in [1.807, 2.05) is 0 Å². The van der Waals surface area contributed by atoms with Gasteiger partial charge in [0.25, 0.3) is 0 Å². The van der Waals surface area contributed by atoms with Crippen molar-refractivity contribution in [1.82, 2.24) is 9.97 Å². The Labute approximate surface area is 123 Å². The molecule has 0 atom stereocenters. The number of aromatic carboxylic acids is 1. The van der Waals surface area contributed by atoms with E-state index in [9.17, 15) is 9.90 Å². The van der Waals surface area contributed by atoms with Crippen LogP contribution >= 0.6 is 15.9 Å². The van der Waals surface area contributed by atoms with E-state index in [1.54, 1.807) is 12.1 Å². The third-order valence-electron chi connectivity index (χ3n) is 3.22. The third-order valence-corrected chi connectivity index (χ3v) is 3.71. The Hall–Kier alpha value is -1.95. The minimum absolute atomic E-state index is 0.110. The lowest BCUT2D eigenvalue weighted by molar-refractivity contribution is 0.0694. The first-order valence-corrected chi connectivity index (χ1v) is 6.98. The van der Waals surface area contributed by atoms with Crippen LogP contribution in [0, 0.1) is 0 Å². The number of benzene rings is 1. The van der Waals surface area contributed by atoms with Crippen molar-refractivity contribution < 1.29 is 14.6 Å². The second-order valence-corrected chi connectivity index (χ2v) is 5.42. The first-order valence-electron chi connectivity index (χ1n) is 6.18. The zero-order chi connectivity index (χ0) is 14.1. The Morgan fingerprint density at radius 2 is 2.15 bits per heavy atom. The van der Waals surface area contributed by atoms with Gasteiger partial charge in [0.2, 0.25) is 5.88 Å². The molecule has 102 valence electrons. The van der Waals surface area contributed by atoms with Gasteiger partial charge in [-0.25, -0.2) is 14.8 Å². The van der Waals surface area contributed by atoms with Crippen molar-refractivity contribution in [3.05, 3.63) is 45.8 Å². The smallest absolute Gasteiger partial charge is 0.339 e. The summed E-state index contributed by atoms with van der Waals surface area (Å²) < 4.78 is 6.49. The predicted molar refractivity (Wildman–Crippen MR) is 75.2 cm³/mol. The van der Waals surface area contributed by atoms with Crippen molar-refractivity contribution in [2.24, 2.45) is 0 Å². The molecule has 0 spiro atoms. The Balaban J connectivity index is 2.02. The molecule has 2 aromatic rings. The van der Waals surface area contributed by atoms with Gasteiger partial charge in [-0.3, -0.25) is 0 Å². The van der Waals surface area contributed by atoms with Crippen LogP contribution in [0.3, 0.4) is 0 Å². The third kappa shape index (κ3) is 2.38. The van der Waals surface area contributed by atoms with Crippen LogP contribution in [0.15, 0.2) is 29.0 Å². The van der Waals surface area contributed by atoms with E-state index in [4.69, 9.17) is 4.74 Å². The summed E-state index contributed by atoms with van der Waals surface area (Å²) in [5, 5.41) is 9.20. The molecule has 1 heterocycles. The van der Waals surface area contributed by atoms with Crippen molar-refractivity contribution in [2.75, 3.05) is 0 Å². The summed E-state index contributed by atoms with van der Waals surface area (Å²) in [6.45, 7) is 0. The molecule has 1 aromatic carbocycles. The Kier molecular flexibility index (Phi) is 3.40.